The number of carbonyl (C=O) groups is 1. The average Bonchev–Trinajstić information content (AvgIpc) is 3.43. The zero-order valence-electron chi connectivity index (χ0n) is 17.0. The maximum Gasteiger partial charge on any atom is 0.254 e. The Bertz CT molecular complexity index is 1140. The molecule has 0 spiro atoms. The summed E-state index contributed by atoms with van der Waals surface area (Å²) in [6, 6.07) is 5.71. The van der Waals surface area contributed by atoms with Crippen LogP contribution in [0.15, 0.2) is 30.6 Å². The molecule has 0 aliphatic carbocycles. The minimum Gasteiger partial charge on any atom is -0.454 e. The zero-order chi connectivity index (χ0) is 20.9. The molecule has 156 valence electrons. The van der Waals surface area contributed by atoms with E-state index in [0.29, 0.717) is 35.8 Å². The van der Waals surface area contributed by atoms with Gasteiger partial charge in [0.25, 0.3) is 5.91 Å². The number of amides is 1. The number of aryl methyl sites for hydroxylation is 1. The molecule has 0 saturated carbocycles. The zero-order valence-corrected chi connectivity index (χ0v) is 17.0. The molecule has 30 heavy (non-hydrogen) atoms. The van der Waals surface area contributed by atoms with Gasteiger partial charge >= 0.3 is 0 Å². The number of carbonyl (C=O) groups excluding carboxylic acids is 1. The number of aromatic nitrogens is 3. The Balaban J connectivity index is 1.38. The van der Waals surface area contributed by atoms with Crippen LogP contribution in [0.2, 0.25) is 0 Å². The second-order valence-corrected chi connectivity index (χ2v) is 7.78. The summed E-state index contributed by atoms with van der Waals surface area (Å²) in [6.07, 6.45) is 3.14. The van der Waals surface area contributed by atoms with Crippen LogP contribution in [0.1, 0.15) is 29.9 Å². The Morgan fingerprint density at radius 3 is 2.90 bits per heavy atom. The standard InChI is InChI=1S/C21H22N4O5/c1-12-15(20(26)23-7-14-10-29-21(2,3)30-14)8-22-19-16(9-24-25(12)19)13-4-5-17-18(6-13)28-11-27-17/h4-6,8-9,14H,7,10-11H2,1-3H3,(H,23,26)/t14-/m0/s1. The van der Waals surface area contributed by atoms with E-state index < -0.39 is 5.79 Å². The molecule has 1 aromatic carbocycles. The van der Waals surface area contributed by atoms with Crippen molar-refractivity contribution in [2.75, 3.05) is 19.9 Å². The summed E-state index contributed by atoms with van der Waals surface area (Å²) in [6.45, 7) is 6.58. The van der Waals surface area contributed by atoms with Crippen LogP contribution < -0.4 is 14.8 Å². The van der Waals surface area contributed by atoms with Gasteiger partial charge in [-0.3, -0.25) is 4.79 Å². The van der Waals surface area contributed by atoms with Crippen LogP contribution in [0.25, 0.3) is 16.8 Å². The van der Waals surface area contributed by atoms with Gasteiger partial charge in [-0.25, -0.2) is 9.50 Å². The van der Waals surface area contributed by atoms with Gasteiger partial charge < -0.3 is 24.3 Å². The van der Waals surface area contributed by atoms with Gasteiger partial charge in [-0.05, 0) is 38.5 Å². The normalized spacial score (nSPS) is 19.4. The molecule has 0 radical (unpaired) electrons. The Kier molecular flexibility index (Phi) is 4.37. The molecular weight excluding hydrogens is 388 g/mol. The fourth-order valence-corrected chi connectivity index (χ4v) is 3.70. The summed E-state index contributed by atoms with van der Waals surface area (Å²) >= 11 is 0. The van der Waals surface area contributed by atoms with Crippen molar-refractivity contribution < 1.29 is 23.7 Å². The van der Waals surface area contributed by atoms with Crippen molar-refractivity contribution in [1.82, 2.24) is 19.9 Å². The molecule has 0 unspecified atom stereocenters. The molecular formula is C21H22N4O5. The van der Waals surface area contributed by atoms with Gasteiger partial charge in [0.1, 0.15) is 6.10 Å². The van der Waals surface area contributed by atoms with Crippen LogP contribution in [-0.2, 0) is 9.47 Å². The molecule has 1 amide bonds. The minimum atomic E-state index is -0.619. The molecule has 2 aromatic heterocycles. The monoisotopic (exact) mass is 410 g/mol. The van der Waals surface area contributed by atoms with Gasteiger partial charge in [0, 0.05) is 18.3 Å². The Morgan fingerprint density at radius 1 is 1.27 bits per heavy atom. The van der Waals surface area contributed by atoms with Crippen LogP contribution >= 0.6 is 0 Å². The predicted molar refractivity (Wildman–Crippen MR) is 107 cm³/mol. The number of hydrogen-bond acceptors (Lipinski definition) is 7. The third-order valence-electron chi connectivity index (χ3n) is 5.25. The van der Waals surface area contributed by atoms with Gasteiger partial charge in [-0.15, -0.1) is 0 Å². The van der Waals surface area contributed by atoms with Gasteiger partial charge in [0.05, 0.1) is 24.1 Å². The quantitative estimate of drug-likeness (QED) is 0.705. The molecule has 1 atom stereocenters. The molecule has 2 aliphatic rings. The van der Waals surface area contributed by atoms with Crippen molar-refractivity contribution in [2.24, 2.45) is 0 Å². The smallest absolute Gasteiger partial charge is 0.254 e. The van der Waals surface area contributed by atoms with Crippen molar-refractivity contribution in [3.05, 3.63) is 41.9 Å². The van der Waals surface area contributed by atoms with E-state index >= 15 is 0 Å². The molecule has 1 N–H and O–H groups in total. The second-order valence-electron chi connectivity index (χ2n) is 7.78. The lowest BCUT2D eigenvalue weighted by Gasteiger charge is -2.17. The summed E-state index contributed by atoms with van der Waals surface area (Å²) in [5.41, 5.74) is 3.59. The first kappa shape index (κ1) is 18.8. The number of nitrogens with zero attached hydrogens (tertiary/aromatic N) is 3. The maximum atomic E-state index is 12.7. The molecule has 2 aliphatic heterocycles. The van der Waals surface area contributed by atoms with E-state index in [1.165, 1.54) is 0 Å². The van der Waals surface area contributed by atoms with Crippen molar-refractivity contribution in [3.8, 4) is 22.6 Å². The number of ether oxygens (including phenoxy) is 4. The molecule has 5 rings (SSSR count). The summed E-state index contributed by atoms with van der Waals surface area (Å²) in [5, 5.41) is 7.34. The highest BCUT2D eigenvalue weighted by atomic mass is 16.7. The third-order valence-corrected chi connectivity index (χ3v) is 5.25. The van der Waals surface area contributed by atoms with Crippen LogP contribution in [0.4, 0.5) is 0 Å². The number of fused-ring (bicyclic) bond motifs is 2. The molecule has 9 nitrogen and oxygen atoms in total. The van der Waals surface area contributed by atoms with Crippen molar-refractivity contribution in [3.63, 3.8) is 0 Å². The van der Waals surface area contributed by atoms with E-state index in [2.05, 4.69) is 15.4 Å². The lowest BCUT2D eigenvalue weighted by molar-refractivity contribution is -0.137. The van der Waals surface area contributed by atoms with Crippen LogP contribution in [0.3, 0.4) is 0 Å². The Hall–Kier alpha value is -3.17. The lowest BCUT2D eigenvalue weighted by Crippen LogP contribution is -2.35. The van der Waals surface area contributed by atoms with E-state index in [1.54, 1.807) is 16.9 Å². The Morgan fingerprint density at radius 2 is 2.10 bits per heavy atom. The molecule has 0 bridgehead atoms. The van der Waals surface area contributed by atoms with Crippen molar-refractivity contribution >= 4 is 11.6 Å². The van der Waals surface area contributed by atoms with E-state index in [0.717, 1.165) is 16.9 Å². The Labute approximate surface area is 172 Å². The fourth-order valence-electron chi connectivity index (χ4n) is 3.70. The fraction of sp³-hybridized carbons (Fsp3) is 0.381. The lowest BCUT2D eigenvalue weighted by atomic mass is 10.1. The molecule has 4 heterocycles. The van der Waals surface area contributed by atoms with Gasteiger partial charge in [-0.1, -0.05) is 6.07 Å². The first-order valence-electron chi connectivity index (χ1n) is 9.75. The van der Waals surface area contributed by atoms with E-state index in [1.807, 2.05) is 39.0 Å². The largest absolute Gasteiger partial charge is 0.454 e. The highest BCUT2D eigenvalue weighted by molar-refractivity contribution is 5.95. The number of hydrogen-bond donors (Lipinski definition) is 1. The first-order chi connectivity index (χ1) is 14.4. The van der Waals surface area contributed by atoms with Crippen LogP contribution in [0.5, 0.6) is 11.5 Å². The molecule has 3 aromatic rings. The highest BCUT2D eigenvalue weighted by Crippen LogP contribution is 2.36. The number of nitrogens with one attached hydrogen (secondary N) is 1. The summed E-state index contributed by atoms with van der Waals surface area (Å²) in [4.78, 5) is 17.2. The van der Waals surface area contributed by atoms with E-state index in [-0.39, 0.29) is 18.8 Å². The molecule has 1 saturated heterocycles. The average molecular weight is 410 g/mol. The summed E-state index contributed by atoms with van der Waals surface area (Å²) < 4.78 is 23.8. The molecule has 1 fully saturated rings. The van der Waals surface area contributed by atoms with Crippen molar-refractivity contribution in [2.45, 2.75) is 32.7 Å². The maximum absolute atomic E-state index is 12.7. The topological polar surface area (TPSA) is 96.2 Å². The number of benzene rings is 1. The van der Waals surface area contributed by atoms with Gasteiger partial charge in [0.2, 0.25) is 6.79 Å². The first-order valence-corrected chi connectivity index (χ1v) is 9.75. The summed E-state index contributed by atoms with van der Waals surface area (Å²) in [5.74, 6) is 0.570. The SMILES string of the molecule is Cc1c(C(=O)NC[C@H]2COC(C)(C)O2)cnc2c(-c3ccc4c(c3)OCO4)cnn12. The predicted octanol–water partition coefficient (Wildman–Crippen LogP) is 2.31. The second kappa shape index (κ2) is 6.96. The van der Waals surface area contributed by atoms with Gasteiger partial charge in [-0.2, -0.15) is 5.10 Å². The van der Waals surface area contributed by atoms with Crippen LogP contribution in [0, 0.1) is 6.92 Å². The minimum absolute atomic E-state index is 0.178. The van der Waals surface area contributed by atoms with Crippen molar-refractivity contribution in [1.29, 1.82) is 0 Å². The highest BCUT2D eigenvalue weighted by Gasteiger charge is 2.32. The van der Waals surface area contributed by atoms with E-state index in [4.69, 9.17) is 18.9 Å². The van der Waals surface area contributed by atoms with E-state index in [9.17, 15) is 4.79 Å². The molecule has 9 heteroatoms. The third kappa shape index (κ3) is 3.25. The number of rotatable bonds is 4. The summed E-state index contributed by atoms with van der Waals surface area (Å²) in [7, 11) is 0. The van der Waals surface area contributed by atoms with Crippen LogP contribution in [-0.4, -0.2) is 52.3 Å². The van der Waals surface area contributed by atoms with Gasteiger partial charge in [0.15, 0.2) is 22.9 Å².